The summed E-state index contributed by atoms with van der Waals surface area (Å²) in [4.78, 5) is 34.1. The zero-order valence-corrected chi connectivity index (χ0v) is 14.5. The maximum Gasteiger partial charge on any atom is 0.411 e. The SMILES string of the molecule is COC(=O)Nc1ccc(CC(=O)OCC(O)COC(=O)C(C)C)cc1. The van der Waals surface area contributed by atoms with Crippen molar-refractivity contribution in [2.75, 3.05) is 25.6 Å². The second-order valence-corrected chi connectivity index (χ2v) is 5.61. The van der Waals surface area contributed by atoms with Gasteiger partial charge >= 0.3 is 18.0 Å². The predicted molar refractivity (Wildman–Crippen MR) is 88.9 cm³/mol. The van der Waals surface area contributed by atoms with E-state index in [-0.39, 0.29) is 25.6 Å². The monoisotopic (exact) mass is 353 g/mol. The molecule has 138 valence electrons. The number of aliphatic hydroxyl groups excluding tert-OH is 1. The Labute approximate surface area is 146 Å². The standard InChI is InChI=1S/C17H23NO7/c1-11(2)16(21)25-10-14(19)9-24-15(20)8-12-4-6-13(7-5-12)18-17(22)23-3/h4-7,11,14,19H,8-10H2,1-3H3,(H,18,22). The van der Waals surface area contributed by atoms with Gasteiger partial charge in [-0.15, -0.1) is 0 Å². The van der Waals surface area contributed by atoms with Crippen LogP contribution in [0.4, 0.5) is 10.5 Å². The Morgan fingerprint density at radius 1 is 1.08 bits per heavy atom. The molecule has 2 N–H and O–H groups in total. The van der Waals surface area contributed by atoms with Gasteiger partial charge in [0, 0.05) is 5.69 Å². The van der Waals surface area contributed by atoms with Gasteiger partial charge < -0.3 is 19.3 Å². The number of carbonyl (C=O) groups excluding carboxylic acids is 3. The molecule has 0 aliphatic carbocycles. The third-order valence-electron chi connectivity index (χ3n) is 3.06. The molecule has 1 unspecified atom stereocenters. The van der Waals surface area contributed by atoms with Crippen molar-refractivity contribution in [1.29, 1.82) is 0 Å². The summed E-state index contributed by atoms with van der Waals surface area (Å²) in [5.74, 6) is -1.24. The number of benzene rings is 1. The van der Waals surface area contributed by atoms with Crippen LogP contribution in [0, 0.1) is 5.92 Å². The smallest absolute Gasteiger partial charge is 0.411 e. The van der Waals surface area contributed by atoms with Crippen molar-refractivity contribution in [2.45, 2.75) is 26.4 Å². The van der Waals surface area contributed by atoms with Gasteiger partial charge in [-0.25, -0.2) is 4.79 Å². The molecule has 1 aromatic rings. The Balaban J connectivity index is 2.34. The lowest BCUT2D eigenvalue weighted by Gasteiger charge is -2.13. The number of ether oxygens (including phenoxy) is 3. The third kappa shape index (κ3) is 8.16. The Morgan fingerprint density at radius 3 is 2.24 bits per heavy atom. The molecule has 1 atom stereocenters. The van der Waals surface area contributed by atoms with Gasteiger partial charge in [0.25, 0.3) is 0 Å². The van der Waals surface area contributed by atoms with Crippen LogP contribution in [0.25, 0.3) is 0 Å². The van der Waals surface area contributed by atoms with E-state index in [1.807, 2.05) is 0 Å². The molecule has 25 heavy (non-hydrogen) atoms. The molecule has 8 heteroatoms. The van der Waals surface area contributed by atoms with Crippen molar-refractivity contribution in [3.63, 3.8) is 0 Å². The zero-order valence-electron chi connectivity index (χ0n) is 14.5. The first-order valence-corrected chi connectivity index (χ1v) is 7.76. The van der Waals surface area contributed by atoms with Gasteiger partial charge in [0.05, 0.1) is 19.4 Å². The lowest BCUT2D eigenvalue weighted by Crippen LogP contribution is -2.27. The molecule has 0 saturated heterocycles. The van der Waals surface area contributed by atoms with Crippen LogP contribution in [0.5, 0.6) is 0 Å². The minimum absolute atomic E-state index is 0.0109. The van der Waals surface area contributed by atoms with Crippen molar-refractivity contribution in [3.8, 4) is 0 Å². The highest BCUT2D eigenvalue weighted by Gasteiger charge is 2.14. The maximum absolute atomic E-state index is 11.7. The highest BCUT2D eigenvalue weighted by Crippen LogP contribution is 2.11. The van der Waals surface area contributed by atoms with Crippen LogP contribution in [0.15, 0.2) is 24.3 Å². The number of amides is 1. The second-order valence-electron chi connectivity index (χ2n) is 5.61. The molecule has 0 aliphatic rings. The first-order chi connectivity index (χ1) is 11.8. The molecule has 1 amide bonds. The molecular formula is C17H23NO7. The van der Waals surface area contributed by atoms with Gasteiger partial charge in [-0.05, 0) is 17.7 Å². The fourth-order valence-electron chi connectivity index (χ4n) is 1.67. The van der Waals surface area contributed by atoms with Crippen molar-refractivity contribution >= 4 is 23.7 Å². The lowest BCUT2D eigenvalue weighted by atomic mass is 10.1. The molecule has 1 rings (SSSR count). The van der Waals surface area contributed by atoms with E-state index in [0.717, 1.165) is 0 Å². The summed E-state index contributed by atoms with van der Waals surface area (Å²) in [6.07, 6.45) is -1.64. The van der Waals surface area contributed by atoms with E-state index in [4.69, 9.17) is 9.47 Å². The van der Waals surface area contributed by atoms with Gasteiger partial charge in [0.2, 0.25) is 0 Å². The second kappa shape index (κ2) is 10.3. The van der Waals surface area contributed by atoms with E-state index in [1.54, 1.807) is 38.1 Å². The van der Waals surface area contributed by atoms with E-state index >= 15 is 0 Å². The number of methoxy groups -OCH3 is 1. The molecule has 0 fully saturated rings. The summed E-state index contributed by atoms with van der Waals surface area (Å²) >= 11 is 0. The van der Waals surface area contributed by atoms with Crippen molar-refractivity contribution in [3.05, 3.63) is 29.8 Å². The van der Waals surface area contributed by atoms with Gasteiger partial charge in [-0.3, -0.25) is 14.9 Å². The van der Waals surface area contributed by atoms with E-state index in [9.17, 15) is 19.5 Å². The Bertz CT molecular complexity index is 583. The Morgan fingerprint density at radius 2 is 1.68 bits per heavy atom. The van der Waals surface area contributed by atoms with Crippen LogP contribution < -0.4 is 5.32 Å². The summed E-state index contributed by atoms with van der Waals surface area (Å²) in [6, 6.07) is 6.57. The lowest BCUT2D eigenvalue weighted by molar-refractivity contribution is -0.154. The quantitative estimate of drug-likeness (QED) is 0.538. The van der Waals surface area contributed by atoms with Gasteiger partial charge in [0.15, 0.2) is 0 Å². The number of hydrogen-bond acceptors (Lipinski definition) is 7. The number of aliphatic hydroxyl groups is 1. The molecule has 8 nitrogen and oxygen atoms in total. The molecule has 0 bridgehead atoms. The van der Waals surface area contributed by atoms with Crippen LogP contribution in [-0.2, 0) is 30.2 Å². The minimum Gasteiger partial charge on any atom is -0.463 e. The van der Waals surface area contributed by atoms with E-state index < -0.39 is 24.1 Å². The molecule has 0 saturated carbocycles. The van der Waals surface area contributed by atoms with Gasteiger partial charge in [-0.1, -0.05) is 26.0 Å². The highest BCUT2D eigenvalue weighted by molar-refractivity contribution is 5.84. The van der Waals surface area contributed by atoms with Crippen LogP contribution in [0.3, 0.4) is 0 Å². The van der Waals surface area contributed by atoms with Crippen LogP contribution in [-0.4, -0.2) is 49.6 Å². The largest absolute Gasteiger partial charge is 0.463 e. The minimum atomic E-state index is -1.07. The fraction of sp³-hybridized carbons (Fsp3) is 0.471. The summed E-state index contributed by atoms with van der Waals surface area (Å²) in [6.45, 7) is 2.88. The van der Waals surface area contributed by atoms with E-state index in [2.05, 4.69) is 10.1 Å². The first kappa shape index (κ1) is 20.4. The van der Waals surface area contributed by atoms with Gasteiger partial charge in [0.1, 0.15) is 19.3 Å². The third-order valence-corrected chi connectivity index (χ3v) is 3.06. The fourth-order valence-corrected chi connectivity index (χ4v) is 1.67. The highest BCUT2D eigenvalue weighted by atomic mass is 16.6. The number of rotatable bonds is 8. The number of esters is 2. The average Bonchev–Trinajstić information content (AvgIpc) is 2.59. The number of carbonyl (C=O) groups is 3. The average molecular weight is 353 g/mol. The van der Waals surface area contributed by atoms with E-state index in [0.29, 0.717) is 11.3 Å². The molecular weight excluding hydrogens is 330 g/mol. The molecule has 1 aromatic carbocycles. The molecule has 0 aromatic heterocycles. The summed E-state index contributed by atoms with van der Waals surface area (Å²) < 4.78 is 14.3. The van der Waals surface area contributed by atoms with E-state index in [1.165, 1.54) is 7.11 Å². The first-order valence-electron chi connectivity index (χ1n) is 7.76. The predicted octanol–water partition coefficient (Wildman–Crippen LogP) is 1.51. The maximum atomic E-state index is 11.7. The van der Waals surface area contributed by atoms with Gasteiger partial charge in [-0.2, -0.15) is 0 Å². The molecule has 0 heterocycles. The molecule has 0 radical (unpaired) electrons. The zero-order chi connectivity index (χ0) is 18.8. The summed E-state index contributed by atoms with van der Waals surface area (Å²) in [7, 11) is 1.26. The van der Waals surface area contributed by atoms with Crippen molar-refractivity contribution in [1.82, 2.24) is 0 Å². The molecule has 0 spiro atoms. The normalized spacial score (nSPS) is 11.6. The van der Waals surface area contributed by atoms with Crippen LogP contribution in [0.1, 0.15) is 19.4 Å². The summed E-state index contributed by atoms with van der Waals surface area (Å²) in [5.41, 5.74) is 1.22. The Hall–Kier alpha value is -2.61. The topological polar surface area (TPSA) is 111 Å². The number of hydrogen-bond donors (Lipinski definition) is 2. The summed E-state index contributed by atoms with van der Waals surface area (Å²) in [5, 5.41) is 12.1. The molecule has 0 aliphatic heterocycles. The van der Waals surface area contributed by atoms with Crippen LogP contribution in [0.2, 0.25) is 0 Å². The number of nitrogens with one attached hydrogen (secondary N) is 1. The van der Waals surface area contributed by atoms with Crippen molar-refractivity contribution in [2.24, 2.45) is 5.92 Å². The number of anilines is 1. The van der Waals surface area contributed by atoms with Crippen molar-refractivity contribution < 1.29 is 33.7 Å². The van der Waals surface area contributed by atoms with Crippen LogP contribution >= 0.6 is 0 Å². The Kier molecular flexibility index (Phi) is 8.42.